The molecule has 0 bridgehead atoms. The van der Waals surface area contributed by atoms with E-state index >= 15 is 0 Å². The van der Waals surface area contributed by atoms with Gasteiger partial charge in [0.15, 0.2) is 11.2 Å². The van der Waals surface area contributed by atoms with E-state index in [4.69, 9.17) is 4.98 Å². The lowest BCUT2D eigenvalue weighted by Crippen LogP contribution is -2.43. The van der Waals surface area contributed by atoms with Crippen LogP contribution in [0.1, 0.15) is 37.7 Å². The van der Waals surface area contributed by atoms with Gasteiger partial charge in [0.25, 0.3) is 5.56 Å². The molecule has 0 saturated carbocycles. The third-order valence-electron chi connectivity index (χ3n) is 7.55. The normalized spacial score (nSPS) is 17.4. The van der Waals surface area contributed by atoms with Gasteiger partial charge in [-0.1, -0.05) is 42.0 Å². The van der Waals surface area contributed by atoms with Gasteiger partial charge in [0, 0.05) is 63.3 Å². The fourth-order valence-corrected chi connectivity index (χ4v) is 5.57. The van der Waals surface area contributed by atoms with E-state index < -0.39 is 11.7 Å². The summed E-state index contributed by atoms with van der Waals surface area (Å²) < 4.78 is 4.79. The maximum Gasteiger partial charge on any atom is 0.333 e. The summed E-state index contributed by atoms with van der Waals surface area (Å²) in [6, 6.07) is 9.24. The Hall–Kier alpha value is -4.34. The van der Waals surface area contributed by atoms with E-state index in [1.807, 2.05) is 54.9 Å². The van der Waals surface area contributed by atoms with Gasteiger partial charge in [-0.2, -0.15) is 4.98 Å². The predicted molar refractivity (Wildman–Crippen MR) is 147 cm³/mol. The monoisotopic (exact) mass is 512 g/mol. The van der Waals surface area contributed by atoms with Crippen LogP contribution in [0.25, 0.3) is 11.2 Å². The minimum absolute atomic E-state index is 0.365. The van der Waals surface area contributed by atoms with Crippen molar-refractivity contribution in [2.45, 2.75) is 39.3 Å². The summed E-state index contributed by atoms with van der Waals surface area (Å²) in [5, 5.41) is 3.34. The standard InChI is InChI=1S/C28H32N8O2/c1-18(2)9-13-35-23-25(32-27(35)34-14-10-20-16-29-17-22(20)34)33(3)28(38)36(26(23)37)21(24-30-11-12-31-24)15-19-7-5-4-6-8-19/h4-9,11-12,17,20-21,29H,10,13-16H2,1-3H3,(H,30,31). The molecule has 10 heteroatoms. The van der Waals surface area contributed by atoms with Crippen molar-refractivity contribution < 1.29 is 0 Å². The third kappa shape index (κ3) is 3.96. The molecule has 2 N–H and O–H groups in total. The van der Waals surface area contributed by atoms with Crippen LogP contribution < -0.4 is 21.5 Å². The summed E-state index contributed by atoms with van der Waals surface area (Å²) in [6.45, 7) is 6.29. The number of rotatable bonds is 7. The number of aromatic amines is 1. The van der Waals surface area contributed by atoms with Crippen molar-refractivity contribution in [1.82, 2.24) is 34.0 Å². The number of H-pyrrole nitrogens is 1. The molecule has 1 fully saturated rings. The predicted octanol–water partition coefficient (Wildman–Crippen LogP) is 2.69. The minimum atomic E-state index is -0.601. The fourth-order valence-electron chi connectivity index (χ4n) is 5.57. The number of aryl methyl sites for hydroxylation is 1. The van der Waals surface area contributed by atoms with E-state index in [-0.39, 0.29) is 5.56 Å². The van der Waals surface area contributed by atoms with Crippen LogP contribution in [0.4, 0.5) is 5.95 Å². The first kappa shape index (κ1) is 24.0. The number of fused-ring (bicyclic) bond motifs is 2. The second-order valence-electron chi connectivity index (χ2n) is 10.3. The molecule has 0 aliphatic carbocycles. The Morgan fingerprint density at radius 3 is 2.76 bits per heavy atom. The van der Waals surface area contributed by atoms with E-state index in [1.54, 1.807) is 19.4 Å². The molecule has 0 amide bonds. The second-order valence-corrected chi connectivity index (χ2v) is 10.3. The molecular weight excluding hydrogens is 480 g/mol. The van der Waals surface area contributed by atoms with Gasteiger partial charge in [-0.25, -0.2) is 14.3 Å². The van der Waals surface area contributed by atoms with Crippen LogP contribution in [0, 0.1) is 5.92 Å². The summed E-state index contributed by atoms with van der Waals surface area (Å²) in [6.07, 6.45) is 8.95. The van der Waals surface area contributed by atoms with Crippen molar-refractivity contribution in [3.05, 3.63) is 98.5 Å². The van der Waals surface area contributed by atoms with Crippen LogP contribution >= 0.6 is 0 Å². The number of hydrogen-bond donors (Lipinski definition) is 2. The van der Waals surface area contributed by atoms with Crippen molar-refractivity contribution in [2.24, 2.45) is 13.0 Å². The summed E-state index contributed by atoms with van der Waals surface area (Å²) in [4.78, 5) is 42.8. The number of allylic oxidation sites excluding steroid dienone is 2. The molecule has 6 rings (SSSR count). The Labute approximate surface area is 220 Å². The van der Waals surface area contributed by atoms with Gasteiger partial charge >= 0.3 is 5.69 Å². The highest BCUT2D eigenvalue weighted by Gasteiger charge is 2.35. The highest BCUT2D eigenvalue weighted by Crippen LogP contribution is 2.35. The zero-order chi connectivity index (χ0) is 26.4. The molecule has 38 heavy (non-hydrogen) atoms. The van der Waals surface area contributed by atoms with Crippen molar-refractivity contribution in [1.29, 1.82) is 0 Å². The smallest absolute Gasteiger partial charge is 0.333 e. The number of nitrogens with one attached hydrogen (secondary N) is 2. The average Bonchev–Trinajstić information content (AvgIpc) is 3.70. The lowest BCUT2D eigenvalue weighted by molar-refractivity contribution is 0.498. The number of anilines is 1. The molecule has 0 spiro atoms. The van der Waals surface area contributed by atoms with Gasteiger partial charge in [0.2, 0.25) is 5.95 Å². The van der Waals surface area contributed by atoms with Crippen molar-refractivity contribution >= 4 is 17.1 Å². The second kappa shape index (κ2) is 9.51. The van der Waals surface area contributed by atoms with E-state index in [9.17, 15) is 9.59 Å². The summed E-state index contributed by atoms with van der Waals surface area (Å²) in [7, 11) is 1.69. The maximum absolute atomic E-state index is 14.3. The van der Waals surface area contributed by atoms with Crippen LogP contribution in [-0.4, -0.2) is 41.7 Å². The molecule has 196 valence electrons. The van der Waals surface area contributed by atoms with E-state index in [0.29, 0.717) is 41.8 Å². The van der Waals surface area contributed by atoms with Gasteiger partial charge in [0.05, 0.1) is 0 Å². The first-order chi connectivity index (χ1) is 18.4. The lowest BCUT2D eigenvalue weighted by Gasteiger charge is -2.20. The van der Waals surface area contributed by atoms with Crippen molar-refractivity contribution in [3.8, 4) is 0 Å². The Morgan fingerprint density at radius 2 is 2.03 bits per heavy atom. The molecule has 1 aromatic carbocycles. The highest BCUT2D eigenvalue weighted by molar-refractivity contribution is 5.75. The zero-order valence-corrected chi connectivity index (χ0v) is 21.9. The molecule has 4 aromatic rings. The topological polar surface area (TPSA) is 106 Å². The first-order valence-electron chi connectivity index (χ1n) is 13.0. The molecule has 10 nitrogen and oxygen atoms in total. The van der Waals surface area contributed by atoms with E-state index in [0.717, 1.165) is 30.6 Å². The molecule has 1 saturated heterocycles. The van der Waals surface area contributed by atoms with Gasteiger partial charge in [-0.15, -0.1) is 0 Å². The Morgan fingerprint density at radius 1 is 1.21 bits per heavy atom. The molecule has 2 unspecified atom stereocenters. The first-order valence-corrected chi connectivity index (χ1v) is 13.0. The number of benzene rings is 1. The fraction of sp³-hybridized carbons (Fsp3) is 0.357. The van der Waals surface area contributed by atoms with Gasteiger partial charge in [0.1, 0.15) is 11.9 Å². The quantitative estimate of drug-likeness (QED) is 0.369. The van der Waals surface area contributed by atoms with E-state index in [2.05, 4.69) is 26.3 Å². The van der Waals surface area contributed by atoms with Gasteiger partial charge in [-0.3, -0.25) is 9.36 Å². The van der Waals surface area contributed by atoms with Crippen LogP contribution in [0.3, 0.4) is 0 Å². The minimum Gasteiger partial charge on any atom is -0.389 e. The molecule has 3 aromatic heterocycles. The summed E-state index contributed by atoms with van der Waals surface area (Å²) in [5.74, 6) is 1.69. The van der Waals surface area contributed by atoms with Crippen LogP contribution in [0.15, 0.2) is 75.9 Å². The number of aromatic nitrogens is 6. The van der Waals surface area contributed by atoms with E-state index in [1.165, 1.54) is 14.8 Å². The molecule has 5 heterocycles. The zero-order valence-electron chi connectivity index (χ0n) is 21.9. The molecule has 2 atom stereocenters. The number of hydrogen-bond acceptors (Lipinski definition) is 6. The molecule has 2 aliphatic heterocycles. The highest BCUT2D eigenvalue weighted by atomic mass is 16.2. The van der Waals surface area contributed by atoms with Gasteiger partial charge in [-0.05, 0) is 25.8 Å². The Kier molecular flexibility index (Phi) is 6.01. The molecule has 2 aliphatic rings. The van der Waals surface area contributed by atoms with Crippen LogP contribution in [-0.2, 0) is 20.0 Å². The SMILES string of the molecule is CC(C)=CCn1c(N2CCC3CNC=C32)nc2c1c(=O)n(C(Cc1ccccc1)c1ncc[nH]1)c(=O)n2C. The number of imidazole rings is 2. The van der Waals surface area contributed by atoms with Gasteiger partial charge < -0.3 is 19.8 Å². The molecule has 0 radical (unpaired) electrons. The van der Waals surface area contributed by atoms with Crippen molar-refractivity contribution in [2.75, 3.05) is 18.0 Å². The summed E-state index contributed by atoms with van der Waals surface area (Å²) >= 11 is 0. The maximum atomic E-state index is 14.3. The Balaban J connectivity index is 1.59. The summed E-state index contributed by atoms with van der Waals surface area (Å²) in [5.41, 5.74) is 3.35. The third-order valence-corrected chi connectivity index (χ3v) is 7.55. The Bertz CT molecular complexity index is 1650. The van der Waals surface area contributed by atoms with Crippen molar-refractivity contribution in [3.63, 3.8) is 0 Å². The number of nitrogens with zero attached hydrogens (tertiary/aromatic N) is 6. The molecular formula is C28H32N8O2. The average molecular weight is 513 g/mol. The lowest BCUT2D eigenvalue weighted by atomic mass is 10.1. The van der Waals surface area contributed by atoms with Crippen LogP contribution in [0.5, 0.6) is 0 Å². The van der Waals surface area contributed by atoms with Crippen LogP contribution in [0.2, 0.25) is 0 Å². The largest absolute Gasteiger partial charge is 0.389 e.